The molecule has 4 nitrogen and oxygen atoms in total. The average Bonchev–Trinajstić information content (AvgIpc) is 2.30. The lowest BCUT2D eigenvalue weighted by Crippen LogP contribution is -2.40. The Morgan fingerprint density at radius 1 is 1.83 bits per heavy atom. The van der Waals surface area contributed by atoms with Gasteiger partial charge < -0.3 is 4.74 Å². The van der Waals surface area contributed by atoms with Gasteiger partial charge in [0.15, 0.2) is 0 Å². The number of hydrogen-bond acceptors (Lipinski definition) is 3. The molecule has 0 N–H and O–H groups in total. The number of amides is 2. The Labute approximate surface area is 75.4 Å². The summed E-state index contributed by atoms with van der Waals surface area (Å²) in [7, 11) is 0. The molecule has 0 aromatic carbocycles. The van der Waals surface area contributed by atoms with E-state index in [1.165, 1.54) is 6.92 Å². The zero-order valence-corrected chi connectivity index (χ0v) is 7.67. The third-order valence-electron chi connectivity index (χ3n) is 1.66. The highest BCUT2D eigenvalue weighted by molar-refractivity contribution is 6.31. The molecule has 0 radical (unpaired) electrons. The second-order valence-corrected chi connectivity index (χ2v) is 3.40. The Balaban J connectivity index is 2.73. The number of alkyl halides is 1. The van der Waals surface area contributed by atoms with Crippen molar-refractivity contribution in [2.24, 2.45) is 0 Å². The minimum absolute atomic E-state index is 0.203. The van der Waals surface area contributed by atoms with Gasteiger partial charge in [-0.25, -0.2) is 9.69 Å². The first kappa shape index (κ1) is 9.32. The predicted octanol–water partition coefficient (Wildman–Crippen LogP) is 0.981. The number of ether oxygens (including phenoxy) is 1. The quantitative estimate of drug-likeness (QED) is 0.581. The Morgan fingerprint density at radius 3 is 2.75 bits per heavy atom. The molecule has 1 aliphatic heterocycles. The molecule has 5 heteroatoms. The van der Waals surface area contributed by atoms with Crippen molar-refractivity contribution >= 4 is 23.6 Å². The van der Waals surface area contributed by atoms with Crippen molar-refractivity contribution in [3.8, 4) is 0 Å². The minimum atomic E-state index is -0.682. The molecule has 0 saturated carbocycles. The van der Waals surface area contributed by atoms with E-state index in [1.807, 2.05) is 0 Å². The maximum Gasteiger partial charge on any atom is 0.417 e. The largest absolute Gasteiger partial charge is 0.447 e. The molecular weight excluding hydrogens is 182 g/mol. The van der Waals surface area contributed by atoms with Crippen LogP contribution in [0.5, 0.6) is 0 Å². The van der Waals surface area contributed by atoms with Crippen LogP contribution in [-0.4, -0.2) is 34.9 Å². The van der Waals surface area contributed by atoms with Gasteiger partial charge in [-0.2, -0.15) is 0 Å². The molecule has 0 bridgehead atoms. The second kappa shape index (κ2) is 3.31. The summed E-state index contributed by atoms with van der Waals surface area (Å²) in [4.78, 5) is 23.3. The normalized spacial score (nSPS) is 25.4. The first-order valence-electron chi connectivity index (χ1n) is 3.68. The summed E-state index contributed by atoms with van der Waals surface area (Å²) in [5.41, 5.74) is 0. The van der Waals surface area contributed by atoms with Crippen LogP contribution in [0.4, 0.5) is 4.79 Å². The maximum absolute atomic E-state index is 11.3. The number of rotatable bonds is 1. The van der Waals surface area contributed by atoms with Crippen molar-refractivity contribution in [1.29, 1.82) is 0 Å². The fourth-order valence-corrected chi connectivity index (χ4v) is 1.12. The Hall–Kier alpha value is -0.770. The first-order chi connectivity index (χ1) is 5.54. The molecule has 1 rings (SSSR count). The Morgan fingerprint density at radius 2 is 2.42 bits per heavy atom. The summed E-state index contributed by atoms with van der Waals surface area (Å²) in [6.45, 7) is 3.53. The third kappa shape index (κ3) is 1.53. The standard InChI is InChI=1S/C7H10ClNO3/c1-4-3-12-7(11)9(4)6(10)5(2)8/h4-5H,3H2,1-2H3/t4-,5?/m0/s1. The van der Waals surface area contributed by atoms with Gasteiger partial charge in [0.1, 0.15) is 12.0 Å². The lowest BCUT2D eigenvalue weighted by molar-refractivity contribution is -0.128. The van der Waals surface area contributed by atoms with Gasteiger partial charge in [0.25, 0.3) is 0 Å². The van der Waals surface area contributed by atoms with Crippen molar-refractivity contribution < 1.29 is 14.3 Å². The van der Waals surface area contributed by atoms with E-state index in [4.69, 9.17) is 11.6 Å². The summed E-state index contributed by atoms with van der Waals surface area (Å²) < 4.78 is 4.66. The average molecular weight is 192 g/mol. The van der Waals surface area contributed by atoms with Crippen molar-refractivity contribution in [3.63, 3.8) is 0 Å². The summed E-state index contributed by atoms with van der Waals surface area (Å²) in [5.74, 6) is -0.397. The Kier molecular flexibility index (Phi) is 2.57. The van der Waals surface area contributed by atoms with Gasteiger partial charge in [0.05, 0.1) is 6.04 Å². The molecule has 0 spiro atoms. The zero-order chi connectivity index (χ0) is 9.30. The number of cyclic esters (lactones) is 1. The summed E-state index contributed by atoms with van der Waals surface area (Å²) >= 11 is 5.54. The van der Waals surface area contributed by atoms with E-state index in [1.54, 1.807) is 6.92 Å². The zero-order valence-electron chi connectivity index (χ0n) is 6.91. The van der Waals surface area contributed by atoms with Crippen LogP contribution in [0.2, 0.25) is 0 Å². The molecule has 1 heterocycles. The van der Waals surface area contributed by atoms with E-state index >= 15 is 0 Å². The molecule has 12 heavy (non-hydrogen) atoms. The van der Waals surface area contributed by atoms with E-state index in [-0.39, 0.29) is 12.6 Å². The molecule has 1 fully saturated rings. The minimum Gasteiger partial charge on any atom is -0.447 e. The van der Waals surface area contributed by atoms with Crippen LogP contribution in [0.3, 0.4) is 0 Å². The highest BCUT2D eigenvalue weighted by atomic mass is 35.5. The smallest absolute Gasteiger partial charge is 0.417 e. The number of nitrogens with zero attached hydrogens (tertiary/aromatic N) is 1. The van der Waals surface area contributed by atoms with Gasteiger partial charge in [-0.15, -0.1) is 11.6 Å². The fraction of sp³-hybridized carbons (Fsp3) is 0.714. The van der Waals surface area contributed by atoms with Crippen LogP contribution >= 0.6 is 11.6 Å². The van der Waals surface area contributed by atoms with E-state index in [0.29, 0.717) is 0 Å². The summed E-state index contributed by atoms with van der Waals surface area (Å²) in [6, 6.07) is -0.203. The van der Waals surface area contributed by atoms with Crippen LogP contribution < -0.4 is 0 Å². The van der Waals surface area contributed by atoms with Gasteiger partial charge >= 0.3 is 6.09 Å². The number of imide groups is 1. The Bertz CT molecular complexity index is 217. The molecular formula is C7H10ClNO3. The van der Waals surface area contributed by atoms with Crippen LogP contribution in [0.15, 0.2) is 0 Å². The van der Waals surface area contributed by atoms with Gasteiger partial charge in [0, 0.05) is 0 Å². The van der Waals surface area contributed by atoms with E-state index in [0.717, 1.165) is 4.90 Å². The van der Waals surface area contributed by atoms with Crippen molar-refractivity contribution in [1.82, 2.24) is 4.90 Å². The predicted molar refractivity (Wildman–Crippen MR) is 43.0 cm³/mol. The SMILES string of the molecule is CC(Cl)C(=O)N1C(=O)OC[C@@H]1C. The van der Waals surface area contributed by atoms with Crippen LogP contribution in [0.1, 0.15) is 13.8 Å². The lowest BCUT2D eigenvalue weighted by Gasteiger charge is -2.16. The maximum atomic E-state index is 11.3. The molecule has 68 valence electrons. The summed E-state index contributed by atoms with van der Waals surface area (Å²) in [5, 5.41) is -0.682. The third-order valence-corrected chi connectivity index (χ3v) is 1.85. The molecule has 1 aliphatic rings. The molecule has 2 amide bonds. The number of carbonyl (C=O) groups excluding carboxylic acids is 2. The highest BCUT2D eigenvalue weighted by Gasteiger charge is 2.36. The van der Waals surface area contributed by atoms with Gasteiger partial charge in [-0.05, 0) is 13.8 Å². The molecule has 1 saturated heterocycles. The van der Waals surface area contributed by atoms with Crippen molar-refractivity contribution in [2.75, 3.05) is 6.61 Å². The molecule has 0 aliphatic carbocycles. The van der Waals surface area contributed by atoms with Gasteiger partial charge in [0.2, 0.25) is 5.91 Å². The fourth-order valence-electron chi connectivity index (χ4n) is 1.01. The molecule has 1 unspecified atom stereocenters. The number of halogens is 1. The molecule has 0 aromatic rings. The highest BCUT2D eigenvalue weighted by Crippen LogP contribution is 2.14. The summed E-state index contributed by atoms with van der Waals surface area (Å²) in [6.07, 6.45) is -0.597. The van der Waals surface area contributed by atoms with Gasteiger partial charge in [-0.1, -0.05) is 0 Å². The van der Waals surface area contributed by atoms with E-state index in [2.05, 4.69) is 4.74 Å². The lowest BCUT2D eigenvalue weighted by atomic mass is 10.3. The van der Waals surface area contributed by atoms with Crippen molar-refractivity contribution in [2.45, 2.75) is 25.3 Å². The van der Waals surface area contributed by atoms with Crippen LogP contribution in [-0.2, 0) is 9.53 Å². The van der Waals surface area contributed by atoms with Gasteiger partial charge in [-0.3, -0.25) is 4.79 Å². The van der Waals surface area contributed by atoms with E-state index < -0.39 is 17.4 Å². The van der Waals surface area contributed by atoms with Crippen LogP contribution in [0.25, 0.3) is 0 Å². The first-order valence-corrected chi connectivity index (χ1v) is 4.11. The van der Waals surface area contributed by atoms with Crippen molar-refractivity contribution in [3.05, 3.63) is 0 Å². The second-order valence-electron chi connectivity index (χ2n) is 2.75. The van der Waals surface area contributed by atoms with E-state index in [9.17, 15) is 9.59 Å². The topological polar surface area (TPSA) is 46.6 Å². The molecule has 0 aromatic heterocycles. The number of carbonyl (C=O) groups is 2. The van der Waals surface area contributed by atoms with Crippen LogP contribution in [0, 0.1) is 0 Å². The number of hydrogen-bond donors (Lipinski definition) is 0. The molecule has 2 atom stereocenters. The monoisotopic (exact) mass is 191 g/mol.